The smallest absolute Gasteiger partial charge is 0.422 e. The number of ether oxygens (including phenoxy) is 1. The Balaban J connectivity index is 1.43. The van der Waals surface area contributed by atoms with Crippen molar-refractivity contribution in [1.29, 1.82) is 0 Å². The minimum absolute atomic E-state index is 0.112. The van der Waals surface area contributed by atoms with Crippen LogP contribution in [-0.2, 0) is 13.1 Å². The van der Waals surface area contributed by atoms with Gasteiger partial charge in [-0.25, -0.2) is 4.98 Å². The number of halogens is 3. The maximum atomic E-state index is 12.9. The van der Waals surface area contributed by atoms with Crippen LogP contribution >= 0.6 is 0 Å². The van der Waals surface area contributed by atoms with Crippen LogP contribution in [0.4, 0.5) is 13.2 Å². The number of pyridine rings is 1. The molecule has 4 aromatic rings. The first-order valence-electron chi connectivity index (χ1n) is 10.5. The van der Waals surface area contributed by atoms with Crippen molar-refractivity contribution in [2.45, 2.75) is 19.3 Å². The molecule has 0 unspecified atom stereocenters. The van der Waals surface area contributed by atoms with Gasteiger partial charge in [0.05, 0.1) is 6.54 Å². The molecular formula is C25H21F3N4O2. The summed E-state index contributed by atoms with van der Waals surface area (Å²) in [6, 6.07) is 20.0. The van der Waals surface area contributed by atoms with Gasteiger partial charge >= 0.3 is 6.18 Å². The van der Waals surface area contributed by atoms with Gasteiger partial charge in [0.25, 0.3) is 5.91 Å². The van der Waals surface area contributed by atoms with Crippen LogP contribution in [0.5, 0.6) is 5.88 Å². The van der Waals surface area contributed by atoms with Crippen LogP contribution in [0.2, 0.25) is 0 Å². The maximum absolute atomic E-state index is 12.9. The highest BCUT2D eigenvalue weighted by Crippen LogP contribution is 2.25. The van der Waals surface area contributed by atoms with Gasteiger partial charge in [-0.15, -0.1) is 0 Å². The zero-order valence-corrected chi connectivity index (χ0v) is 18.0. The average Bonchev–Trinajstić information content (AvgIpc) is 3.35. The second kappa shape index (κ2) is 10.2. The third kappa shape index (κ3) is 6.22. The van der Waals surface area contributed by atoms with E-state index in [1.807, 2.05) is 53.3 Å². The lowest BCUT2D eigenvalue weighted by Gasteiger charge is -2.12. The van der Waals surface area contributed by atoms with Crippen molar-refractivity contribution in [3.63, 3.8) is 0 Å². The van der Waals surface area contributed by atoms with E-state index in [0.29, 0.717) is 17.7 Å². The summed E-state index contributed by atoms with van der Waals surface area (Å²) >= 11 is 0. The first-order chi connectivity index (χ1) is 16.4. The summed E-state index contributed by atoms with van der Waals surface area (Å²) in [6.07, 6.45) is 0.506. The highest BCUT2D eigenvalue weighted by molar-refractivity contribution is 6.00. The number of hydrogen-bond acceptors (Lipinski definition) is 4. The molecule has 2 aromatic carbocycles. The summed E-state index contributed by atoms with van der Waals surface area (Å²) in [4.78, 5) is 16.7. The molecule has 0 atom stereocenters. The van der Waals surface area contributed by atoms with Crippen molar-refractivity contribution in [1.82, 2.24) is 20.1 Å². The minimum atomic E-state index is -4.45. The van der Waals surface area contributed by atoms with Crippen molar-refractivity contribution in [3.05, 3.63) is 102 Å². The largest absolute Gasteiger partial charge is 0.468 e. The van der Waals surface area contributed by atoms with Gasteiger partial charge < -0.3 is 10.1 Å². The molecule has 2 aromatic heterocycles. The molecule has 6 nitrogen and oxygen atoms in total. The molecule has 0 fully saturated rings. The number of hydrogen-bond donors (Lipinski definition) is 1. The molecule has 2 heterocycles. The molecule has 4 rings (SSSR count). The lowest BCUT2D eigenvalue weighted by molar-refractivity contribution is -0.154. The quantitative estimate of drug-likeness (QED) is 0.403. The number of carbonyl (C=O) groups is 1. The normalized spacial score (nSPS) is 11.3. The van der Waals surface area contributed by atoms with E-state index in [2.05, 4.69) is 20.1 Å². The van der Waals surface area contributed by atoms with E-state index in [1.165, 1.54) is 12.3 Å². The van der Waals surface area contributed by atoms with Crippen LogP contribution in [0.3, 0.4) is 0 Å². The zero-order valence-electron chi connectivity index (χ0n) is 18.0. The molecule has 34 heavy (non-hydrogen) atoms. The molecule has 0 saturated carbocycles. The topological polar surface area (TPSA) is 69.0 Å². The summed E-state index contributed by atoms with van der Waals surface area (Å²) in [6.45, 7) is -0.666. The number of carbonyl (C=O) groups excluding carboxylic acids is 1. The van der Waals surface area contributed by atoms with Gasteiger partial charge in [-0.3, -0.25) is 9.48 Å². The van der Waals surface area contributed by atoms with E-state index in [0.717, 1.165) is 16.7 Å². The standard InChI is InChI=1S/C25H21F3N4O2/c26-25(27,28)17-34-23-14-19(10-12-29-23)15-30-24(33)22-5-2-1-4-21(22)20-8-6-18(7-9-20)16-32-13-3-11-31-32/h1-14H,15-17H2,(H,30,33). The number of alkyl halides is 3. The SMILES string of the molecule is O=C(NCc1ccnc(OCC(F)(F)F)c1)c1ccccc1-c1ccc(Cn2cccn2)cc1. The Labute approximate surface area is 194 Å². The summed E-state index contributed by atoms with van der Waals surface area (Å²) in [5, 5.41) is 7.01. The van der Waals surface area contributed by atoms with E-state index in [-0.39, 0.29) is 18.3 Å². The summed E-state index contributed by atoms with van der Waals surface area (Å²) in [5.41, 5.74) is 3.80. The number of rotatable bonds is 8. The highest BCUT2D eigenvalue weighted by Gasteiger charge is 2.28. The molecular weight excluding hydrogens is 445 g/mol. The lowest BCUT2D eigenvalue weighted by Crippen LogP contribution is -2.23. The Hall–Kier alpha value is -4.14. The van der Waals surface area contributed by atoms with Crippen molar-refractivity contribution < 1.29 is 22.7 Å². The van der Waals surface area contributed by atoms with Crippen LogP contribution in [0.15, 0.2) is 85.3 Å². The maximum Gasteiger partial charge on any atom is 0.422 e. The summed E-state index contributed by atoms with van der Waals surface area (Å²) in [7, 11) is 0. The van der Waals surface area contributed by atoms with Crippen LogP contribution in [-0.4, -0.2) is 33.5 Å². The Kier molecular flexibility index (Phi) is 6.91. The summed E-state index contributed by atoms with van der Waals surface area (Å²) in [5.74, 6) is -0.453. The van der Waals surface area contributed by atoms with E-state index in [1.54, 1.807) is 24.4 Å². The number of amides is 1. The van der Waals surface area contributed by atoms with Crippen molar-refractivity contribution in [2.24, 2.45) is 0 Å². The van der Waals surface area contributed by atoms with Gasteiger partial charge in [-0.05, 0) is 40.5 Å². The second-order valence-corrected chi connectivity index (χ2v) is 7.54. The fourth-order valence-electron chi connectivity index (χ4n) is 3.38. The molecule has 9 heteroatoms. The van der Waals surface area contributed by atoms with Crippen molar-refractivity contribution in [2.75, 3.05) is 6.61 Å². The Bertz CT molecular complexity index is 1240. The van der Waals surface area contributed by atoms with Gasteiger partial charge in [0, 0.05) is 36.8 Å². The first kappa shape index (κ1) is 23.0. The molecule has 0 aliphatic rings. The van der Waals surface area contributed by atoms with Crippen LogP contribution in [0.1, 0.15) is 21.5 Å². The molecule has 0 spiro atoms. The van der Waals surface area contributed by atoms with Gasteiger partial charge in [0.2, 0.25) is 5.88 Å². The molecule has 0 radical (unpaired) electrons. The number of nitrogens with one attached hydrogen (secondary N) is 1. The second-order valence-electron chi connectivity index (χ2n) is 7.54. The van der Waals surface area contributed by atoms with Gasteiger partial charge in [-0.2, -0.15) is 18.3 Å². The zero-order chi connectivity index (χ0) is 24.0. The predicted molar refractivity (Wildman–Crippen MR) is 120 cm³/mol. The monoisotopic (exact) mass is 466 g/mol. The van der Waals surface area contributed by atoms with Crippen LogP contribution in [0, 0.1) is 0 Å². The molecule has 0 saturated heterocycles. The Morgan fingerprint density at radius 2 is 1.76 bits per heavy atom. The molecule has 1 amide bonds. The van der Waals surface area contributed by atoms with E-state index in [9.17, 15) is 18.0 Å². The van der Waals surface area contributed by atoms with E-state index in [4.69, 9.17) is 0 Å². The molecule has 0 bridgehead atoms. The van der Waals surface area contributed by atoms with Gasteiger partial charge in [0.15, 0.2) is 6.61 Å². The van der Waals surface area contributed by atoms with Gasteiger partial charge in [-0.1, -0.05) is 42.5 Å². The highest BCUT2D eigenvalue weighted by atomic mass is 19.4. The van der Waals surface area contributed by atoms with E-state index >= 15 is 0 Å². The third-order valence-corrected chi connectivity index (χ3v) is 4.98. The number of nitrogens with zero attached hydrogens (tertiary/aromatic N) is 3. The fourth-order valence-corrected chi connectivity index (χ4v) is 3.38. The molecule has 0 aliphatic carbocycles. The Morgan fingerprint density at radius 3 is 2.50 bits per heavy atom. The molecule has 174 valence electrons. The van der Waals surface area contributed by atoms with Gasteiger partial charge in [0.1, 0.15) is 0 Å². The lowest BCUT2D eigenvalue weighted by atomic mass is 9.98. The third-order valence-electron chi connectivity index (χ3n) is 4.98. The minimum Gasteiger partial charge on any atom is -0.468 e. The van der Waals surface area contributed by atoms with Crippen molar-refractivity contribution >= 4 is 5.91 Å². The molecule has 0 aliphatic heterocycles. The molecule has 1 N–H and O–H groups in total. The fraction of sp³-hybridized carbons (Fsp3) is 0.160. The number of benzene rings is 2. The van der Waals surface area contributed by atoms with E-state index < -0.39 is 12.8 Å². The average molecular weight is 466 g/mol. The Morgan fingerprint density at radius 1 is 0.971 bits per heavy atom. The summed E-state index contributed by atoms with van der Waals surface area (Å²) < 4.78 is 43.6. The number of aromatic nitrogens is 3. The first-order valence-corrected chi connectivity index (χ1v) is 10.5. The van der Waals surface area contributed by atoms with Crippen LogP contribution < -0.4 is 10.1 Å². The predicted octanol–water partition coefficient (Wildman–Crippen LogP) is 4.86. The van der Waals surface area contributed by atoms with Crippen LogP contribution in [0.25, 0.3) is 11.1 Å². The van der Waals surface area contributed by atoms with Crippen molar-refractivity contribution in [3.8, 4) is 17.0 Å².